The van der Waals surface area contributed by atoms with Crippen LogP contribution in [-0.2, 0) is 4.79 Å². The molecule has 1 aliphatic carbocycles. The Kier molecular flexibility index (Phi) is 4.21. The molecule has 1 saturated carbocycles. The Labute approximate surface area is 121 Å². The van der Waals surface area contributed by atoms with E-state index in [-0.39, 0.29) is 11.3 Å². The van der Waals surface area contributed by atoms with Crippen molar-refractivity contribution in [1.82, 2.24) is 0 Å². The molecule has 0 aromatic heterocycles. The minimum Gasteiger partial charge on any atom is -0.480 e. The van der Waals surface area contributed by atoms with Crippen molar-refractivity contribution in [3.63, 3.8) is 0 Å². The molecule has 1 aromatic rings. The fourth-order valence-corrected chi connectivity index (χ4v) is 2.68. The summed E-state index contributed by atoms with van der Waals surface area (Å²) in [5.41, 5.74) is -0.891. The van der Waals surface area contributed by atoms with Gasteiger partial charge in [-0.15, -0.1) is 0 Å². The Hall–Kier alpha value is -2.44. The summed E-state index contributed by atoms with van der Waals surface area (Å²) in [6.45, 7) is 0. The minimum absolute atomic E-state index is 0.0930. The molecule has 0 amide bonds. The van der Waals surface area contributed by atoms with Crippen molar-refractivity contribution < 1.29 is 19.6 Å². The largest absolute Gasteiger partial charge is 0.480 e. The number of benzene rings is 1. The van der Waals surface area contributed by atoms with Crippen LogP contribution in [-0.4, -0.2) is 27.8 Å². The summed E-state index contributed by atoms with van der Waals surface area (Å²) in [6, 6.07) is 3.79. The summed E-state index contributed by atoms with van der Waals surface area (Å²) < 4.78 is 0. The first kappa shape index (κ1) is 15.0. The lowest BCUT2D eigenvalue weighted by Crippen LogP contribution is -2.48. The highest BCUT2D eigenvalue weighted by Crippen LogP contribution is 2.33. The van der Waals surface area contributed by atoms with E-state index in [1.807, 2.05) is 0 Å². The number of nitrogens with zero attached hydrogens (tertiary/aromatic N) is 1. The summed E-state index contributed by atoms with van der Waals surface area (Å²) in [4.78, 5) is 32.8. The van der Waals surface area contributed by atoms with E-state index >= 15 is 0 Å². The van der Waals surface area contributed by atoms with Gasteiger partial charge in [0.1, 0.15) is 5.54 Å². The molecule has 1 aliphatic rings. The van der Waals surface area contributed by atoms with E-state index in [1.165, 1.54) is 12.1 Å². The summed E-state index contributed by atoms with van der Waals surface area (Å²) >= 11 is 0. The number of anilines is 1. The molecular formula is C14H16N2O5. The average molecular weight is 292 g/mol. The summed E-state index contributed by atoms with van der Waals surface area (Å²) in [7, 11) is 0. The van der Waals surface area contributed by atoms with Gasteiger partial charge in [0.05, 0.1) is 4.92 Å². The molecule has 0 aliphatic heterocycles. The minimum atomic E-state index is -1.11. The Morgan fingerprint density at radius 1 is 1.33 bits per heavy atom. The Balaban J connectivity index is 2.34. The number of rotatable bonds is 5. The molecule has 7 heteroatoms. The molecule has 0 heterocycles. The maximum atomic E-state index is 11.6. The molecule has 0 bridgehead atoms. The van der Waals surface area contributed by atoms with E-state index in [2.05, 4.69) is 5.32 Å². The number of carboxylic acids is 1. The molecule has 0 saturated heterocycles. The van der Waals surface area contributed by atoms with Gasteiger partial charge in [-0.1, -0.05) is 19.3 Å². The third-order valence-electron chi connectivity index (χ3n) is 3.86. The quantitative estimate of drug-likeness (QED) is 0.490. The number of carbonyl (C=O) groups is 2. The van der Waals surface area contributed by atoms with Gasteiger partial charge in [-0.3, -0.25) is 14.9 Å². The zero-order valence-electron chi connectivity index (χ0n) is 11.4. The van der Waals surface area contributed by atoms with Gasteiger partial charge in [-0.2, -0.15) is 0 Å². The Morgan fingerprint density at radius 2 is 2.00 bits per heavy atom. The highest BCUT2D eigenvalue weighted by Gasteiger charge is 2.40. The van der Waals surface area contributed by atoms with Crippen LogP contribution in [0.25, 0.3) is 0 Å². The monoisotopic (exact) mass is 292 g/mol. The van der Waals surface area contributed by atoms with E-state index in [9.17, 15) is 24.8 Å². The van der Waals surface area contributed by atoms with Crippen molar-refractivity contribution in [2.45, 2.75) is 37.6 Å². The van der Waals surface area contributed by atoms with E-state index in [1.54, 1.807) is 0 Å². The first-order valence-corrected chi connectivity index (χ1v) is 6.74. The number of carboxylic acid groups (broad SMARTS) is 1. The van der Waals surface area contributed by atoms with Gasteiger partial charge >= 0.3 is 5.97 Å². The average Bonchev–Trinajstić information content (AvgIpc) is 2.48. The zero-order chi connectivity index (χ0) is 15.5. The molecule has 0 unspecified atom stereocenters. The molecule has 2 N–H and O–H groups in total. The number of carbonyl (C=O) groups excluding carboxylic acids is 1. The first-order valence-electron chi connectivity index (χ1n) is 6.74. The highest BCUT2D eigenvalue weighted by molar-refractivity contribution is 5.89. The van der Waals surface area contributed by atoms with Crippen molar-refractivity contribution in [1.29, 1.82) is 0 Å². The molecule has 0 radical (unpaired) electrons. The smallest absolute Gasteiger partial charge is 0.329 e. The second-order valence-corrected chi connectivity index (χ2v) is 5.22. The number of aliphatic carboxylic acids is 1. The van der Waals surface area contributed by atoms with Crippen LogP contribution in [0.4, 0.5) is 11.4 Å². The van der Waals surface area contributed by atoms with Gasteiger partial charge in [0.15, 0.2) is 6.29 Å². The number of nitro groups is 1. The second-order valence-electron chi connectivity index (χ2n) is 5.22. The lowest BCUT2D eigenvalue weighted by Gasteiger charge is -2.35. The second kappa shape index (κ2) is 5.90. The van der Waals surface area contributed by atoms with Crippen LogP contribution in [0, 0.1) is 10.1 Å². The van der Waals surface area contributed by atoms with Crippen LogP contribution >= 0.6 is 0 Å². The first-order chi connectivity index (χ1) is 9.98. The van der Waals surface area contributed by atoms with E-state index in [0.29, 0.717) is 24.8 Å². The summed E-state index contributed by atoms with van der Waals surface area (Å²) in [5, 5.41) is 23.1. The third kappa shape index (κ3) is 3.01. The predicted molar refractivity (Wildman–Crippen MR) is 75.6 cm³/mol. The van der Waals surface area contributed by atoms with E-state index < -0.39 is 16.4 Å². The molecule has 21 heavy (non-hydrogen) atoms. The van der Waals surface area contributed by atoms with Crippen LogP contribution in [0.3, 0.4) is 0 Å². The van der Waals surface area contributed by atoms with Crippen LogP contribution in [0.5, 0.6) is 0 Å². The molecule has 0 spiro atoms. The van der Waals surface area contributed by atoms with Gasteiger partial charge in [0.25, 0.3) is 5.69 Å². The normalized spacial score (nSPS) is 17.0. The molecule has 0 atom stereocenters. The topological polar surface area (TPSA) is 110 Å². The van der Waals surface area contributed by atoms with Gasteiger partial charge in [0, 0.05) is 23.4 Å². The lowest BCUT2D eigenvalue weighted by molar-refractivity contribution is -0.384. The summed E-state index contributed by atoms with van der Waals surface area (Å²) in [5.74, 6) is -0.961. The number of nitrogens with one attached hydrogen (secondary N) is 1. The number of non-ortho nitro benzene ring substituents is 1. The number of nitro benzene ring substituents is 1. The molecular weight excluding hydrogens is 276 g/mol. The van der Waals surface area contributed by atoms with Crippen molar-refractivity contribution >= 4 is 23.6 Å². The fraction of sp³-hybridized carbons (Fsp3) is 0.429. The molecule has 1 aromatic carbocycles. The Bertz CT molecular complexity index is 579. The van der Waals surface area contributed by atoms with Gasteiger partial charge in [-0.25, -0.2) is 4.79 Å². The standard InChI is InChI=1S/C14H16N2O5/c17-9-10-8-11(16(20)21)4-5-12(10)15-14(13(18)19)6-2-1-3-7-14/h4-5,8-9,15H,1-3,6-7H2,(H,18,19). The van der Waals surface area contributed by atoms with Crippen molar-refractivity contribution in [3.8, 4) is 0 Å². The van der Waals surface area contributed by atoms with Crippen LogP contribution in [0.1, 0.15) is 42.5 Å². The predicted octanol–water partition coefficient (Wildman–Crippen LogP) is 2.61. The number of hydrogen-bond acceptors (Lipinski definition) is 5. The van der Waals surface area contributed by atoms with Crippen LogP contribution < -0.4 is 5.32 Å². The van der Waals surface area contributed by atoms with E-state index in [4.69, 9.17) is 0 Å². The van der Waals surface area contributed by atoms with Gasteiger partial charge in [-0.05, 0) is 18.9 Å². The van der Waals surface area contributed by atoms with Crippen LogP contribution in [0.15, 0.2) is 18.2 Å². The lowest BCUT2D eigenvalue weighted by atomic mass is 9.81. The summed E-state index contributed by atoms with van der Waals surface area (Å²) in [6.07, 6.45) is 4.01. The maximum absolute atomic E-state index is 11.6. The highest BCUT2D eigenvalue weighted by atomic mass is 16.6. The van der Waals surface area contributed by atoms with Crippen LogP contribution in [0.2, 0.25) is 0 Å². The number of hydrogen-bond donors (Lipinski definition) is 2. The molecule has 7 nitrogen and oxygen atoms in total. The fourth-order valence-electron chi connectivity index (χ4n) is 2.68. The van der Waals surface area contributed by atoms with Crippen molar-refractivity contribution in [2.75, 3.05) is 5.32 Å². The third-order valence-corrected chi connectivity index (χ3v) is 3.86. The SMILES string of the molecule is O=Cc1cc([N+](=O)[O-])ccc1NC1(C(=O)O)CCCCC1. The molecule has 112 valence electrons. The van der Waals surface area contributed by atoms with Crippen molar-refractivity contribution in [2.24, 2.45) is 0 Å². The molecule has 1 fully saturated rings. The van der Waals surface area contributed by atoms with Gasteiger partial charge < -0.3 is 10.4 Å². The zero-order valence-corrected chi connectivity index (χ0v) is 11.4. The van der Waals surface area contributed by atoms with Gasteiger partial charge in [0.2, 0.25) is 0 Å². The number of aldehydes is 1. The molecule has 2 rings (SSSR count). The van der Waals surface area contributed by atoms with E-state index in [0.717, 1.165) is 25.3 Å². The Morgan fingerprint density at radius 3 is 2.52 bits per heavy atom. The van der Waals surface area contributed by atoms with Crippen molar-refractivity contribution in [3.05, 3.63) is 33.9 Å². The maximum Gasteiger partial charge on any atom is 0.329 e.